The van der Waals surface area contributed by atoms with Crippen molar-refractivity contribution in [1.29, 1.82) is 0 Å². The molecule has 1 aromatic heterocycles. The lowest BCUT2D eigenvalue weighted by atomic mass is 10.0. The van der Waals surface area contributed by atoms with E-state index in [9.17, 15) is 0 Å². The van der Waals surface area contributed by atoms with Crippen LogP contribution >= 0.6 is 0 Å². The molecular formula is C17H25N3. The van der Waals surface area contributed by atoms with Crippen LogP contribution in [0.1, 0.15) is 20.3 Å². The number of aromatic nitrogens is 1. The van der Waals surface area contributed by atoms with Gasteiger partial charge in [0.1, 0.15) is 5.82 Å². The normalized spacial score (nSPS) is 13.1. The lowest BCUT2D eigenvalue weighted by molar-refractivity contribution is 0.356. The molecule has 0 bridgehead atoms. The molecule has 0 aliphatic carbocycles. The zero-order valence-corrected chi connectivity index (χ0v) is 12.9. The molecular weight excluding hydrogens is 246 g/mol. The summed E-state index contributed by atoms with van der Waals surface area (Å²) in [4.78, 5) is 6.76. The predicted molar refractivity (Wildman–Crippen MR) is 87.2 cm³/mol. The fourth-order valence-electron chi connectivity index (χ4n) is 2.62. The fraction of sp³-hybridized carbons (Fsp3) is 0.471. The number of likely N-dealkylation sites (N-methyl/N-ethyl adjacent to an activating group) is 1. The topological polar surface area (TPSA) is 28.2 Å². The minimum absolute atomic E-state index is 0.420. The number of nitrogens with one attached hydrogen (secondary N) is 1. The first-order valence-electron chi connectivity index (χ1n) is 7.31. The van der Waals surface area contributed by atoms with Crippen molar-refractivity contribution in [3.63, 3.8) is 0 Å². The van der Waals surface area contributed by atoms with E-state index in [2.05, 4.69) is 73.5 Å². The van der Waals surface area contributed by atoms with E-state index in [1.807, 2.05) is 6.20 Å². The number of fused-ring (bicyclic) bond motifs is 1. The summed E-state index contributed by atoms with van der Waals surface area (Å²) >= 11 is 0. The highest BCUT2D eigenvalue weighted by Crippen LogP contribution is 2.22. The maximum atomic E-state index is 4.53. The van der Waals surface area contributed by atoms with Crippen LogP contribution in [0, 0.1) is 5.92 Å². The molecule has 20 heavy (non-hydrogen) atoms. The Morgan fingerprint density at radius 1 is 1.15 bits per heavy atom. The summed E-state index contributed by atoms with van der Waals surface area (Å²) in [5.74, 6) is 1.66. The molecule has 1 aromatic carbocycles. The summed E-state index contributed by atoms with van der Waals surface area (Å²) < 4.78 is 0. The first-order valence-corrected chi connectivity index (χ1v) is 7.31. The molecule has 0 aliphatic rings. The van der Waals surface area contributed by atoms with Crippen LogP contribution in [0.15, 0.2) is 36.5 Å². The van der Waals surface area contributed by atoms with Crippen LogP contribution in [-0.4, -0.2) is 36.6 Å². The molecule has 1 unspecified atom stereocenters. The summed E-state index contributed by atoms with van der Waals surface area (Å²) in [5, 5.41) is 6.06. The molecule has 0 fully saturated rings. The van der Waals surface area contributed by atoms with E-state index in [0.717, 1.165) is 18.8 Å². The lowest BCUT2D eigenvalue weighted by Gasteiger charge is -2.25. The molecule has 3 nitrogen and oxygen atoms in total. The largest absolute Gasteiger partial charge is 0.366 e. The molecule has 0 saturated carbocycles. The first kappa shape index (κ1) is 14.8. The van der Waals surface area contributed by atoms with Gasteiger partial charge in [-0.1, -0.05) is 38.1 Å². The average Bonchev–Trinajstić information content (AvgIpc) is 2.37. The number of rotatable bonds is 6. The third-order valence-corrected chi connectivity index (χ3v) is 3.36. The molecule has 108 valence electrons. The molecule has 2 aromatic rings. The predicted octanol–water partition coefficient (Wildman–Crippen LogP) is 3.62. The van der Waals surface area contributed by atoms with Crippen molar-refractivity contribution in [2.45, 2.75) is 26.3 Å². The third-order valence-electron chi connectivity index (χ3n) is 3.36. The molecule has 1 atom stereocenters. The second-order valence-electron chi connectivity index (χ2n) is 6.11. The van der Waals surface area contributed by atoms with E-state index in [1.54, 1.807) is 0 Å². The maximum Gasteiger partial charge on any atom is 0.134 e. The molecule has 3 heteroatoms. The number of anilines is 1. The smallest absolute Gasteiger partial charge is 0.134 e. The van der Waals surface area contributed by atoms with Crippen LogP contribution in [0.5, 0.6) is 0 Å². The number of nitrogens with zero attached hydrogens (tertiary/aromatic N) is 2. The summed E-state index contributed by atoms with van der Waals surface area (Å²) in [6.45, 7) is 5.55. The van der Waals surface area contributed by atoms with Crippen molar-refractivity contribution < 1.29 is 0 Å². The van der Waals surface area contributed by atoms with Crippen molar-refractivity contribution in [2.24, 2.45) is 5.92 Å². The highest BCUT2D eigenvalue weighted by atomic mass is 15.1. The van der Waals surface area contributed by atoms with Crippen molar-refractivity contribution in [3.05, 3.63) is 36.5 Å². The summed E-state index contributed by atoms with van der Waals surface area (Å²) in [7, 11) is 4.23. The second-order valence-corrected chi connectivity index (χ2v) is 6.11. The summed E-state index contributed by atoms with van der Waals surface area (Å²) in [5.41, 5.74) is 0. The number of hydrogen-bond donors (Lipinski definition) is 1. The Kier molecular flexibility index (Phi) is 4.96. The highest BCUT2D eigenvalue weighted by Gasteiger charge is 2.13. The van der Waals surface area contributed by atoms with Gasteiger partial charge in [0.15, 0.2) is 0 Å². The fourth-order valence-corrected chi connectivity index (χ4v) is 2.62. The second kappa shape index (κ2) is 6.71. The van der Waals surface area contributed by atoms with Crippen LogP contribution in [0.4, 0.5) is 5.82 Å². The van der Waals surface area contributed by atoms with E-state index >= 15 is 0 Å². The van der Waals surface area contributed by atoms with Gasteiger partial charge in [-0.3, -0.25) is 0 Å². The van der Waals surface area contributed by atoms with Crippen molar-refractivity contribution >= 4 is 16.6 Å². The van der Waals surface area contributed by atoms with Crippen LogP contribution < -0.4 is 5.32 Å². The van der Waals surface area contributed by atoms with E-state index in [-0.39, 0.29) is 0 Å². The van der Waals surface area contributed by atoms with Gasteiger partial charge >= 0.3 is 0 Å². The Hall–Kier alpha value is -1.61. The van der Waals surface area contributed by atoms with E-state index in [1.165, 1.54) is 10.8 Å². The van der Waals surface area contributed by atoms with Gasteiger partial charge in [-0.05, 0) is 37.9 Å². The number of hydrogen-bond acceptors (Lipinski definition) is 3. The molecule has 0 saturated heterocycles. The molecule has 0 spiro atoms. The maximum absolute atomic E-state index is 4.53. The Labute approximate surface area is 122 Å². The number of pyridine rings is 1. The number of benzene rings is 1. The van der Waals surface area contributed by atoms with Crippen LogP contribution in [0.3, 0.4) is 0 Å². The zero-order valence-electron chi connectivity index (χ0n) is 12.9. The molecule has 0 aliphatic heterocycles. The first-order chi connectivity index (χ1) is 9.56. The lowest BCUT2D eigenvalue weighted by Crippen LogP contribution is -2.33. The third kappa shape index (κ3) is 3.94. The van der Waals surface area contributed by atoms with Crippen molar-refractivity contribution in [3.8, 4) is 0 Å². The molecule has 1 N–H and O–H groups in total. The van der Waals surface area contributed by atoms with Gasteiger partial charge in [-0.2, -0.15) is 0 Å². The quantitative estimate of drug-likeness (QED) is 0.869. The average molecular weight is 271 g/mol. The van der Waals surface area contributed by atoms with Crippen molar-refractivity contribution in [2.75, 3.05) is 26.0 Å². The van der Waals surface area contributed by atoms with Gasteiger partial charge in [0.25, 0.3) is 0 Å². The van der Waals surface area contributed by atoms with Gasteiger partial charge in [-0.15, -0.1) is 0 Å². The van der Waals surface area contributed by atoms with Crippen LogP contribution in [-0.2, 0) is 0 Å². The molecule has 0 radical (unpaired) electrons. The summed E-state index contributed by atoms with van der Waals surface area (Å²) in [6.07, 6.45) is 3.02. The molecule has 0 amide bonds. The van der Waals surface area contributed by atoms with Gasteiger partial charge in [0.05, 0.1) is 0 Å². The molecule has 2 rings (SSSR count). The SMILES string of the molecule is CC(C)CC(CN(C)C)Nc1nccc2ccccc12. The van der Waals surface area contributed by atoms with E-state index < -0.39 is 0 Å². The standard InChI is InChI=1S/C17H25N3/c1-13(2)11-15(12-20(3)4)19-17-16-8-6-5-7-14(16)9-10-18-17/h5-10,13,15H,11-12H2,1-4H3,(H,18,19). The van der Waals surface area contributed by atoms with Gasteiger partial charge in [0.2, 0.25) is 0 Å². The van der Waals surface area contributed by atoms with Gasteiger partial charge < -0.3 is 10.2 Å². The van der Waals surface area contributed by atoms with Crippen LogP contribution in [0.2, 0.25) is 0 Å². The summed E-state index contributed by atoms with van der Waals surface area (Å²) in [6, 6.07) is 10.9. The van der Waals surface area contributed by atoms with E-state index in [4.69, 9.17) is 0 Å². The van der Waals surface area contributed by atoms with Crippen LogP contribution in [0.25, 0.3) is 10.8 Å². The Morgan fingerprint density at radius 2 is 1.90 bits per heavy atom. The zero-order chi connectivity index (χ0) is 14.5. The van der Waals surface area contributed by atoms with Gasteiger partial charge in [-0.25, -0.2) is 4.98 Å². The van der Waals surface area contributed by atoms with Crippen molar-refractivity contribution in [1.82, 2.24) is 9.88 Å². The Balaban J connectivity index is 2.23. The van der Waals surface area contributed by atoms with E-state index in [0.29, 0.717) is 12.0 Å². The Morgan fingerprint density at radius 3 is 2.60 bits per heavy atom. The molecule has 1 heterocycles. The highest BCUT2D eigenvalue weighted by molar-refractivity contribution is 5.91. The minimum atomic E-state index is 0.420. The minimum Gasteiger partial charge on any atom is -0.366 e. The van der Waals surface area contributed by atoms with Gasteiger partial charge in [0, 0.05) is 24.2 Å². The monoisotopic (exact) mass is 271 g/mol. The Bertz CT molecular complexity index is 533.